The molecule has 1 heterocycles. The van der Waals surface area contributed by atoms with E-state index in [-0.39, 0.29) is 0 Å². The Labute approximate surface area is 128 Å². The van der Waals surface area contributed by atoms with E-state index in [0.717, 1.165) is 36.5 Å². The van der Waals surface area contributed by atoms with Gasteiger partial charge < -0.3 is 9.47 Å². The van der Waals surface area contributed by atoms with Crippen LogP contribution < -0.4 is 9.47 Å². The molecule has 0 aromatic heterocycles. The Morgan fingerprint density at radius 1 is 1.10 bits per heavy atom. The van der Waals surface area contributed by atoms with E-state index in [1.54, 1.807) is 0 Å². The van der Waals surface area contributed by atoms with Gasteiger partial charge in [0.2, 0.25) is 0 Å². The molecule has 0 radical (unpaired) electrons. The zero-order valence-corrected chi connectivity index (χ0v) is 12.4. The van der Waals surface area contributed by atoms with Gasteiger partial charge in [-0.3, -0.25) is 0 Å². The Morgan fingerprint density at radius 2 is 1.90 bits per heavy atom. The predicted octanol–water partition coefficient (Wildman–Crippen LogP) is 4.90. The van der Waals surface area contributed by atoms with E-state index < -0.39 is 0 Å². The third-order valence-electron chi connectivity index (χ3n) is 3.33. The lowest BCUT2D eigenvalue weighted by molar-refractivity contribution is 0.278. The smallest absolute Gasteiger partial charge is 0.126 e. The largest absolute Gasteiger partial charge is 0.493 e. The van der Waals surface area contributed by atoms with Crippen molar-refractivity contribution in [2.24, 2.45) is 0 Å². The van der Waals surface area contributed by atoms with E-state index >= 15 is 0 Å². The minimum atomic E-state index is 0.345. The van der Waals surface area contributed by atoms with Crippen LogP contribution in [-0.2, 0) is 13.0 Å². The molecule has 0 bridgehead atoms. The number of hydrogen-bond donors (Lipinski definition) is 0. The summed E-state index contributed by atoms with van der Waals surface area (Å²) in [7, 11) is 0. The fraction of sp³-hybridized carbons (Fsp3) is 0.250. The first kappa shape index (κ1) is 13.6. The lowest BCUT2D eigenvalue weighted by atomic mass is 10.1. The number of halogens is 2. The van der Waals surface area contributed by atoms with Crippen LogP contribution in [-0.4, -0.2) is 6.61 Å². The number of ether oxygens (including phenoxy) is 2. The highest BCUT2D eigenvalue weighted by atomic mass is 35.5. The van der Waals surface area contributed by atoms with Crippen molar-refractivity contribution in [3.8, 4) is 11.5 Å². The molecule has 0 amide bonds. The van der Waals surface area contributed by atoms with Crippen molar-refractivity contribution >= 4 is 23.2 Å². The first-order valence-corrected chi connectivity index (χ1v) is 7.31. The van der Waals surface area contributed by atoms with Crippen LogP contribution in [0, 0.1) is 0 Å². The quantitative estimate of drug-likeness (QED) is 0.803. The van der Waals surface area contributed by atoms with Crippen LogP contribution in [0.1, 0.15) is 17.5 Å². The van der Waals surface area contributed by atoms with Gasteiger partial charge in [-0.25, -0.2) is 0 Å². The van der Waals surface area contributed by atoms with Crippen LogP contribution in [0.4, 0.5) is 0 Å². The summed E-state index contributed by atoms with van der Waals surface area (Å²) in [5.74, 6) is 1.68. The van der Waals surface area contributed by atoms with Crippen molar-refractivity contribution in [1.82, 2.24) is 0 Å². The Hall–Kier alpha value is -1.38. The highest BCUT2D eigenvalue weighted by Gasteiger charge is 2.12. The van der Waals surface area contributed by atoms with Crippen LogP contribution in [0.15, 0.2) is 36.4 Å². The summed E-state index contributed by atoms with van der Waals surface area (Å²) >= 11 is 12.2. The highest BCUT2D eigenvalue weighted by molar-refractivity contribution is 6.35. The zero-order chi connectivity index (χ0) is 13.9. The third-order valence-corrected chi connectivity index (χ3v) is 4.04. The Morgan fingerprint density at radius 3 is 2.70 bits per heavy atom. The normalized spacial score (nSPS) is 13.5. The summed E-state index contributed by atoms with van der Waals surface area (Å²) in [5, 5.41) is 1.23. The molecule has 0 saturated heterocycles. The van der Waals surface area contributed by atoms with Gasteiger partial charge in [0.25, 0.3) is 0 Å². The Balaban J connectivity index is 1.75. The molecule has 104 valence electrons. The minimum Gasteiger partial charge on any atom is -0.493 e. The summed E-state index contributed by atoms with van der Waals surface area (Å²) in [4.78, 5) is 0. The van der Waals surface area contributed by atoms with Gasteiger partial charge in [0, 0.05) is 21.7 Å². The average Bonchev–Trinajstić information content (AvgIpc) is 2.46. The van der Waals surface area contributed by atoms with Gasteiger partial charge in [-0.2, -0.15) is 0 Å². The minimum absolute atomic E-state index is 0.345. The van der Waals surface area contributed by atoms with Crippen molar-refractivity contribution in [2.45, 2.75) is 19.4 Å². The molecule has 20 heavy (non-hydrogen) atoms. The van der Waals surface area contributed by atoms with Gasteiger partial charge in [-0.05, 0) is 36.6 Å². The monoisotopic (exact) mass is 308 g/mol. The summed E-state index contributed by atoms with van der Waals surface area (Å²) in [6, 6.07) is 11.4. The van der Waals surface area contributed by atoms with Crippen LogP contribution in [0.2, 0.25) is 10.0 Å². The fourth-order valence-electron chi connectivity index (χ4n) is 2.24. The van der Waals surface area contributed by atoms with Gasteiger partial charge >= 0.3 is 0 Å². The molecule has 4 heteroatoms. The standard InChI is InChI=1S/C16H14Cl2O2/c17-14-4-1-5-15(18)13(14)10-20-12-7-6-11-3-2-8-19-16(11)9-12/h1,4-7,9H,2-3,8,10H2. The molecule has 1 aliphatic heterocycles. The first-order valence-electron chi connectivity index (χ1n) is 6.55. The second-order valence-electron chi connectivity index (χ2n) is 4.71. The number of hydrogen-bond acceptors (Lipinski definition) is 2. The van der Waals surface area contributed by atoms with Crippen LogP contribution in [0.3, 0.4) is 0 Å². The second kappa shape index (κ2) is 5.94. The maximum Gasteiger partial charge on any atom is 0.126 e. The predicted molar refractivity (Wildman–Crippen MR) is 81.1 cm³/mol. The Kier molecular flexibility index (Phi) is 4.04. The topological polar surface area (TPSA) is 18.5 Å². The first-order chi connectivity index (χ1) is 9.74. The molecule has 0 unspecified atom stereocenters. The second-order valence-corrected chi connectivity index (χ2v) is 5.52. The van der Waals surface area contributed by atoms with E-state index in [1.807, 2.05) is 30.3 Å². The summed E-state index contributed by atoms with van der Waals surface area (Å²) in [6.07, 6.45) is 2.13. The summed E-state index contributed by atoms with van der Waals surface area (Å²) < 4.78 is 11.4. The fourth-order valence-corrected chi connectivity index (χ4v) is 2.74. The van der Waals surface area contributed by atoms with Gasteiger partial charge in [0.15, 0.2) is 0 Å². The molecule has 0 spiro atoms. The van der Waals surface area contributed by atoms with Gasteiger partial charge in [-0.15, -0.1) is 0 Å². The van der Waals surface area contributed by atoms with E-state index in [0.29, 0.717) is 16.7 Å². The molecule has 2 aromatic rings. The van der Waals surface area contributed by atoms with Crippen molar-refractivity contribution in [1.29, 1.82) is 0 Å². The molecule has 1 aliphatic rings. The van der Waals surface area contributed by atoms with E-state index in [1.165, 1.54) is 5.56 Å². The van der Waals surface area contributed by atoms with Crippen molar-refractivity contribution in [2.75, 3.05) is 6.61 Å². The van der Waals surface area contributed by atoms with Gasteiger partial charge in [-0.1, -0.05) is 35.3 Å². The van der Waals surface area contributed by atoms with E-state index in [9.17, 15) is 0 Å². The van der Waals surface area contributed by atoms with Crippen molar-refractivity contribution < 1.29 is 9.47 Å². The van der Waals surface area contributed by atoms with E-state index in [4.69, 9.17) is 32.7 Å². The van der Waals surface area contributed by atoms with Gasteiger partial charge in [0.05, 0.1) is 6.61 Å². The molecule has 0 aliphatic carbocycles. The van der Waals surface area contributed by atoms with Crippen LogP contribution in [0.5, 0.6) is 11.5 Å². The molecule has 0 fully saturated rings. The average molecular weight is 309 g/mol. The molecule has 0 saturated carbocycles. The molecule has 3 rings (SSSR count). The SMILES string of the molecule is Clc1cccc(Cl)c1COc1ccc2c(c1)OCCC2. The number of rotatable bonds is 3. The number of benzene rings is 2. The van der Waals surface area contributed by atoms with Crippen molar-refractivity contribution in [3.63, 3.8) is 0 Å². The van der Waals surface area contributed by atoms with Crippen LogP contribution >= 0.6 is 23.2 Å². The molecular weight excluding hydrogens is 295 g/mol. The summed E-state index contributed by atoms with van der Waals surface area (Å²) in [5.41, 5.74) is 2.04. The molecule has 2 aromatic carbocycles. The maximum atomic E-state index is 6.12. The van der Waals surface area contributed by atoms with Crippen LogP contribution in [0.25, 0.3) is 0 Å². The number of aryl methyl sites for hydroxylation is 1. The lowest BCUT2D eigenvalue weighted by Gasteiger charge is -2.18. The van der Waals surface area contributed by atoms with Crippen molar-refractivity contribution in [3.05, 3.63) is 57.6 Å². The van der Waals surface area contributed by atoms with Gasteiger partial charge in [0.1, 0.15) is 18.1 Å². The maximum absolute atomic E-state index is 6.12. The Bertz CT molecular complexity index is 606. The molecule has 2 nitrogen and oxygen atoms in total. The summed E-state index contributed by atoms with van der Waals surface area (Å²) in [6.45, 7) is 1.12. The highest BCUT2D eigenvalue weighted by Crippen LogP contribution is 2.30. The number of fused-ring (bicyclic) bond motifs is 1. The third kappa shape index (κ3) is 2.87. The molecule has 0 atom stereocenters. The molecule has 0 N–H and O–H groups in total. The zero-order valence-electron chi connectivity index (χ0n) is 10.9. The van der Waals surface area contributed by atoms with E-state index in [2.05, 4.69) is 6.07 Å². The molecular formula is C16H14Cl2O2. The lowest BCUT2D eigenvalue weighted by Crippen LogP contribution is -2.08.